The van der Waals surface area contributed by atoms with Gasteiger partial charge >= 0.3 is 0 Å². The third-order valence-corrected chi connectivity index (χ3v) is 3.61. The Balaban J connectivity index is 2.21. The van der Waals surface area contributed by atoms with E-state index in [2.05, 4.69) is 19.0 Å². The Morgan fingerprint density at radius 3 is 2.68 bits per heavy atom. The summed E-state index contributed by atoms with van der Waals surface area (Å²) in [6, 6.07) is 2.09. The normalized spacial score (nSPS) is 20.3. The quantitative estimate of drug-likeness (QED) is 0.821. The molecule has 2 rings (SSSR count). The van der Waals surface area contributed by atoms with Crippen LogP contribution in [0, 0.1) is 5.41 Å². The first-order valence-electron chi connectivity index (χ1n) is 7.08. The molecule has 1 amide bonds. The smallest absolute Gasteiger partial charge is 0.228 e. The molecule has 0 unspecified atom stereocenters. The van der Waals surface area contributed by atoms with E-state index in [0.29, 0.717) is 5.92 Å². The van der Waals surface area contributed by atoms with Crippen molar-refractivity contribution in [3.8, 4) is 0 Å². The van der Waals surface area contributed by atoms with Gasteiger partial charge in [0, 0.05) is 23.9 Å². The van der Waals surface area contributed by atoms with Crippen LogP contribution in [0.3, 0.4) is 0 Å². The molecule has 1 aliphatic rings. The van der Waals surface area contributed by atoms with Gasteiger partial charge in [-0.25, -0.2) is 0 Å². The van der Waals surface area contributed by atoms with Gasteiger partial charge in [0.2, 0.25) is 5.91 Å². The van der Waals surface area contributed by atoms with Crippen LogP contribution in [0.15, 0.2) is 10.6 Å². The number of hydrogen-bond donors (Lipinski definition) is 0. The van der Waals surface area contributed by atoms with E-state index in [-0.39, 0.29) is 17.4 Å². The minimum atomic E-state index is -0.340. The van der Waals surface area contributed by atoms with E-state index in [4.69, 9.17) is 4.52 Å². The van der Waals surface area contributed by atoms with Crippen molar-refractivity contribution in [2.45, 2.75) is 59.4 Å². The summed E-state index contributed by atoms with van der Waals surface area (Å²) in [5.74, 6) is 1.42. The zero-order valence-electron chi connectivity index (χ0n) is 12.6. The second-order valence-electron chi connectivity index (χ2n) is 6.72. The summed E-state index contributed by atoms with van der Waals surface area (Å²) in [4.78, 5) is 14.4. The van der Waals surface area contributed by atoms with E-state index in [1.165, 1.54) is 0 Å². The zero-order chi connectivity index (χ0) is 14.2. The molecule has 0 aliphatic carbocycles. The summed E-state index contributed by atoms with van der Waals surface area (Å²) < 4.78 is 5.36. The minimum absolute atomic E-state index is 0.0861. The SMILES string of the molecule is CC(C)c1cc([C@H]2CCCN2C(=O)C(C)(C)C)no1. The maximum Gasteiger partial charge on any atom is 0.228 e. The number of aromatic nitrogens is 1. The zero-order valence-corrected chi connectivity index (χ0v) is 12.6. The molecule has 0 radical (unpaired) electrons. The van der Waals surface area contributed by atoms with Crippen molar-refractivity contribution in [1.82, 2.24) is 10.1 Å². The first-order valence-corrected chi connectivity index (χ1v) is 7.08. The summed E-state index contributed by atoms with van der Waals surface area (Å²) in [7, 11) is 0. The average molecular weight is 264 g/mol. The maximum atomic E-state index is 12.5. The number of amides is 1. The summed E-state index contributed by atoms with van der Waals surface area (Å²) >= 11 is 0. The van der Waals surface area contributed by atoms with Crippen molar-refractivity contribution in [1.29, 1.82) is 0 Å². The molecule has 1 fully saturated rings. The van der Waals surface area contributed by atoms with Gasteiger partial charge in [-0.2, -0.15) is 0 Å². The highest BCUT2D eigenvalue weighted by Crippen LogP contribution is 2.35. The predicted molar refractivity (Wildman–Crippen MR) is 73.7 cm³/mol. The van der Waals surface area contributed by atoms with Crippen molar-refractivity contribution in [3.05, 3.63) is 17.5 Å². The average Bonchev–Trinajstić information content (AvgIpc) is 2.95. The van der Waals surface area contributed by atoms with Crippen LogP contribution in [0.1, 0.15) is 70.9 Å². The molecule has 19 heavy (non-hydrogen) atoms. The summed E-state index contributed by atoms with van der Waals surface area (Å²) in [6.45, 7) is 10.9. The molecule has 0 bridgehead atoms. The summed E-state index contributed by atoms with van der Waals surface area (Å²) in [6.07, 6.45) is 2.02. The lowest BCUT2D eigenvalue weighted by molar-refractivity contribution is -0.140. The number of nitrogens with zero attached hydrogens (tertiary/aromatic N) is 2. The third-order valence-electron chi connectivity index (χ3n) is 3.61. The number of hydrogen-bond acceptors (Lipinski definition) is 3. The molecule has 4 heteroatoms. The van der Waals surface area contributed by atoms with E-state index in [1.807, 2.05) is 31.7 Å². The highest BCUT2D eigenvalue weighted by molar-refractivity contribution is 5.82. The Bertz CT molecular complexity index is 457. The van der Waals surface area contributed by atoms with Crippen LogP contribution >= 0.6 is 0 Å². The molecular weight excluding hydrogens is 240 g/mol. The molecule has 2 heterocycles. The lowest BCUT2D eigenvalue weighted by atomic mass is 9.94. The van der Waals surface area contributed by atoms with Crippen molar-refractivity contribution in [2.75, 3.05) is 6.54 Å². The Labute approximate surface area is 115 Å². The fourth-order valence-corrected chi connectivity index (χ4v) is 2.48. The van der Waals surface area contributed by atoms with Crippen molar-refractivity contribution in [3.63, 3.8) is 0 Å². The molecule has 4 nitrogen and oxygen atoms in total. The van der Waals surface area contributed by atoms with Crippen molar-refractivity contribution < 1.29 is 9.32 Å². The van der Waals surface area contributed by atoms with Crippen molar-refractivity contribution >= 4 is 5.91 Å². The molecule has 106 valence electrons. The van der Waals surface area contributed by atoms with E-state index in [0.717, 1.165) is 30.8 Å². The fraction of sp³-hybridized carbons (Fsp3) is 0.733. The first-order chi connectivity index (χ1) is 8.80. The number of carbonyl (C=O) groups is 1. The maximum absolute atomic E-state index is 12.5. The summed E-state index contributed by atoms with van der Waals surface area (Å²) in [5, 5.41) is 4.17. The molecule has 0 N–H and O–H groups in total. The second kappa shape index (κ2) is 4.99. The summed E-state index contributed by atoms with van der Waals surface area (Å²) in [5.41, 5.74) is 0.562. The van der Waals surface area contributed by atoms with Crippen molar-refractivity contribution in [2.24, 2.45) is 5.41 Å². The Hall–Kier alpha value is -1.32. The van der Waals surface area contributed by atoms with E-state index in [9.17, 15) is 4.79 Å². The molecular formula is C15H24N2O2. The van der Waals surface area contributed by atoms with Gasteiger partial charge in [0.1, 0.15) is 11.5 Å². The largest absolute Gasteiger partial charge is 0.361 e. The van der Waals surface area contributed by atoms with Crippen LogP contribution in [0.25, 0.3) is 0 Å². The molecule has 0 aromatic carbocycles. The standard InChI is InChI=1S/C15H24N2O2/c1-10(2)13-9-11(16-19-13)12-7-6-8-17(12)14(18)15(3,4)5/h9-10,12H,6-8H2,1-5H3/t12-/m1/s1. The van der Waals surface area contributed by atoms with Crippen LogP contribution < -0.4 is 0 Å². The van der Waals surface area contributed by atoms with Gasteiger partial charge in [0.25, 0.3) is 0 Å². The van der Waals surface area contributed by atoms with E-state index >= 15 is 0 Å². The third kappa shape index (κ3) is 2.82. The Kier molecular flexibility index (Phi) is 3.70. The molecule has 1 saturated heterocycles. The van der Waals surface area contributed by atoms with Gasteiger partial charge < -0.3 is 9.42 Å². The van der Waals surface area contributed by atoms with Crippen LogP contribution in [-0.2, 0) is 4.79 Å². The highest BCUT2D eigenvalue weighted by atomic mass is 16.5. The predicted octanol–water partition coefficient (Wildman–Crippen LogP) is 3.51. The molecule has 1 aliphatic heterocycles. The number of likely N-dealkylation sites (tertiary alicyclic amines) is 1. The Morgan fingerprint density at radius 2 is 2.16 bits per heavy atom. The fourth-order valence-electron chi connectivity index (χ4n) is 2.48. The molecule has 1 atom stereocenters. The highest BCUT2D eigenvalue weighted by Gasteiger charge is 2.37. The van der Waals surface area contributed by atoms with Crippen LogP contribution in [-0.4, -0.2) is 22.5 Å². The molecule has 0 saturated carbocycles. The molecule has 1 aromatic rings. The lowest BCUT2D eigenvalue weighted by Gasteiger charge is -2.29. The number of rotatable bonds is 2. The topological polar surface area (TPSA) is 46.3 Å². The van der Waals surface area contributed by atoms with E-state index < -0.39 is 0 Å². The molecule has 1 aromatic heterocycles. The Morgan fingerprint density at radius 1 is 1.47 bits per heavy atom. The van der Waals surface area contributed by atoms with Gasteiger partial charge in [-0.3, -0.25) is 4.79 Å². The number of carbonyl (C=O) groups excluding carboxylic acids is 1. The van der Waals surface area contributed by atoms with Gasteiger partial charge in [-0.1, -0.05) is 39.8 Å². The van der Waals surface area contributed by atoms with E-state index in [1.54, 1.807) is 0 Å². The van der Waals surface area contributed by atoms with Gasteiger partial charge in [-0.05, 0) is 12.8 Å². The van der Waals surface area contributed by atoms with Gasteiger partial charge in [-0.15, -0.1) is 0 Å². The lowest BCUT2D eigenvalue weighted by Crippen LogP contribution is -2.39. The molecule has 0 spiro atoms. The second-order valence-corrected chi connectivity index (χ2v) is 6.72. The first kappa shape index (κ1) is 14.1. The minimum Gasteiger partial charge on any atom is -0.361 e. The van der Waals surface area contributed by atoms with Crippen LogP contribution in [0.5, 0.6) is 0 Å². The van der Waals surface area contributed by atoms with Gasteiger partial charge in [0.05, 0.1) is 6.04 Å². The van der Waals surface area contributed by atoms with Crippen LogP contribution in [0.2, 0.25) is 0 Å². The monoisotopic (exact) mass is 264 g/mol. The van der Waals surface area contributed by atoms with Crippen LogP contribution in [0.4, 0.5) is 0 Å². The van der Waals surface area contributed by atoms with Gasteiger partial charge in [0.15, 0.2) is 0 Å².